The van der Waals surface area contributed by atoms with Crippen LogP contribution in [-0.2, 0) is 16.6 Å². The number of amides is 2. The van der Waals surface area contributed by atoms with Gasteiger partial charge in [0.15, 0.2) is 0 Å². The van der Waals surface area contributed by atoms with Crippen LogP contribution >= 0.6 is 0 Å². The highest BCUT2D eigenvalue weighted by molar-refractivity contribution is 6.00. The van der Waals surface area contributed by atoms with Crippen LogP contribution in [0.5, 0.6) is 0 Å². The predicted octanol–water partition coefficient (Wildman–Crippen LogP) is 1.14. The highest BCUT2D eigenvalue weighted by Gasteiger charge is 2.33. The van der Waals surface area contributed by atoms with Gasteiger partial charge in [-0.1, -0.05) is 0 Å². The van der Waals surface area contributed by atoms with E-state index in [9.17, 15) is 14.4 Å². The third-order valence-corrected chi connectivity index (χ3v) is 7.24. The van der Waals surface area contributed by atoms with Gasteiger partial charge in [0.2, 0.25) is 11.8 Å². The number of hydrogen-bond acceptors (Lipinski definition) is 5. The number of benzene rings is 1. The fourth-order valence-electron chi connectivity index (χ4n) is 5.50. The van der Waals surface area contributed by atoms with Crippen molar-refractivity contribution < 1.29 is 9.59 Å². The molecule has 1 unspecified atom stereocenters. The summed E-state index contributed by atoms with van der Waals surface area (Å²) in [6, 6.07) is 5.45. The highest BCUT2D eigenvalue weighted by Crippen LogP contribution is 2.34. The van der Waals surface area contributed by atoms with Crippen molar-refractivity contribution in [1.29, 1.82) is 0 Å². The average molecular weight is 412 g/mol. The Morgan fingerprint density at radius 2 is 1.77 bits per heavy atom. The van der Waals surface area contributed by atoms with Gasteiger partial charge in [-0.3, -0.25) is 24.0 Å². The van der Waals surface area contributed by atoms with Gasteiger partial charge in [-0.05, 0) is 68.8 Å². The lowest BCUT2D eigenvalue weighted by molar-refractivity contribution is -0.135. The molecule has 0 aliphatic carbocycles. The Morgan fingerprint density at radius 3 is 2.53 bits per heavy atom. The summed E-state index contributed by atoms with van der Waals surface area (Å²) in [4.78, 5) is 39.2. The minimum absolute atomic E-state index is 0.217. The van der Waals surface area contributed by atoms with E-state index in [2.05, 4.69) is 27.7 Å². The zero-order chi connectivity index (χ0) is 20.8. The molecule has 5 rings (SSSR count). The van der Waals surface area contributed by atoms with Gasteiger partial charge in [-0.15, -0.1) is 0 Å². The van der Waals surface area contributed by atoms with E-state index in [-0.39, 0.29) is 18.0 Å². The van der Waals surface area contributed by atoms with E-state index >= 15 is 0 Å². The number of anilines is 1. The number of carbonyl (C=O) groups is 2. The fourth-order valence-corrected chi connectivity index (χ4v) is 5.50. The lowest BCUT2D eigenvalue weighted by Gasteiger charge is -2.28. The summed E-state index contributed by atoms with van der Waals surface area (Å²) in [6.45, 7) is 4.37. The maximum Gasteiger partial charge on any atom is 0.329 e. The largest absolute Gasteiger partial charge is 0.371 e. The molecule has 1 aromatic carbocycles. The molecule has 0 saturated carbocycles. The molecule has 2 atom stereocenters. The number of imide groups is 1. The minimum Gasteiger partial charge on any atom is -0.371 e. The molecule has 160 valence electrons. The quantitative estimate of drug-likeness (QED) is 0.740. The van der Waals surface area contributed by atoms with Gasteiger partial charge >= 0.3 is 5.69 Å². The minimum atomic E-state index is -0.638. The topological polar surface area (TPSA) is 88.4 Å². The first-order chi connectivity index (χ1) is 14.5. The highest BCUT2D eigenvalue weighted by atomic mass is 16.2. The molecule has 2 N–H and O–H groups in total. The summed E-state index contributed by atoms with van der Waals surface area (Å²) in [5, 5.41) is 5.81. The third kappa shape index (κ3) is 3.23. The predicted molar refractivity (Wildman–Crippen MR) is 115 cm³/mol. The van der Waals surface area contributed by atoms with Crippen molar-refractivity contribution in [3.63, 3.8) is 0 Å². The molecule has 8 heteroatoms. The first-order valence-electron chi connectivity index (χ1n) is 11.0. The Labute approximate surface area is 175 Å². The number of imidazole rings is 1. The van der Waals surface area contributed by atoms with Crippen LogP contribution in [0.1, 0.15) is 38.1 Å². The van der Waals surface area contributed by atoms with Crippen LogP contribution in [0.15, 0.2) is 23.0 Å². The molecule has 3 fully saturated rings. The van der Waals surface area contributed by atoms with Crippen molar-refractivity contribution in [2.45, 2.75) is 38.1 Å². The van der Waals surface area contributed by atoms with E-state index in [1.165, 1.54) is 19.3 Å². The van der Waals surface area contributed by atoms with Crippen molar-refractivity contribution in [2.24, 2.45) is 18.9 Å². The Morgan fingerprint density at radius 1 is 0.967 bits per heavy atom. The van der Waals surface area contributed by atoms with E-state index in [1.54, 1.807) is 16.2 Å². The van der Waals surface area contributed by atoms with E-state index < -0.39 is 11.9 Å². The Bertz CT molecular complexity index is 1050. The third-order valence-electron chi connectivity index (χ3n) is 7.24. The first-order valence-corrected chi connectivity index (χ1v) is 11.0. The van der Waals surface area contributed by atoms with Crippen LogP contribution in [0.25, 0.3) is 11.0 Å². The van der Waals surface area contributed by atoms with E-state index in [1.807, 2.05) is 6.07 Å². The van der Waals surface area contributed by atoms with Crippen LogP contribution in [0.2, 0.25) is 0 Å². The number of piperidine rings is 2. The van der Waals surface area contributed by atoms with Gasteiger partial charge in [-0.2, -0.15) is 0 Å². The van der Waals surface area contributed by atoms with Gasteiger partial charge in [0.1, 0.15) is 6.04 Å². The Kier molecular flexibility index (Phi) is 4.89. The van der Waals surface area contributed by atoms with Crippen molar-refractivity contribution in [1.82, 2.24) is 19.8 Å². The van der Waals surface area contributed by atoms with Gasteiger partial charge in [0.05, 0.1) is 11.0 Å². The van der Waals surface area contributed by atoms with Crippen LogP contribution in [0.3, 0.4) is 0 Å². The Balaban J connectivity index is 1.43. The zero-order valence-electron chi connectivity index (χ0n) is 17.4. The molecule has 0 bridgehead atoms. The van der Waals surface area contributed by atoms with E-state index in [0.29, 0.717) is 6.42 Å². The van der Waals surface area contributed by atoms with Crippen molar-refractivity contribution in [2.75, 3.05) is 31.1 Å². The summed E-state index contributed by atoms with van der Waals surface area (Å²) in [7, 11) is 1.75. The second-order valence-electron chi connectivity index (χ2n) is 8.93. The molecule has 4 heterocycles. The smallest absolute Gasteiger partial charge is 0.329 e. The molecule has 8 nitrogen and oxygen atoms in total. The SMILES string of the molecule is Cn1c(=O)n(C2CCC(=O)NC2=O)c2ccc(N3CC[C@H](C4CCNCC4)C3)cc21. The number of aromatic nitrogens is 2. The molecule has 3 aliphatic rings. The number of aryl methyl sites for hydroxylation is 1. The molecule has 2 amide bonds. The van der Waals surface area contributed by atoms with E-state index in [4.69, 9.17) is 0 Å². The molecule has 3 saturated heterocycles. The lowest BCUT2D eigenvalue weighted by atomic mass is 9.84. The van der Waals surface area contributed by atoms with Crippen molar-refractivity contribution in [3.05, 3.63) is 28.7 Å². The van der Waals surface area contributed by atoms with E-state index in [0.717, 1.165) is 54.7 Å². The molecule has 1 aromatic heterocycles. The van der Waals surface area contributed by atoms with Gasteiger partial charge in [-0.25, -0.2) is 4.79 Å². The number of rotatable bonds is 3. The summed E-state index contributed by atoms with van der Waals surface area (Å²) in [5.41, 5.74) is 2.49. The lowest BCUT2D eigenvalue weighted by Crippen LogP contribution is -2.44. The standard InChI is InChI=1S/C22H29N5O3/c1-25-19-12-16(26-11-8-15(13-26)14-6-9-23-10-7-14)2-3-17(19)27(22(25)30)18-4-5-20(28)24-21(18)29/h2-3,12,14-15,18,23H,4-11,13H2,1H3,(H,24,28,29)/t15-,18?/m0/s1. The molecule has 3 aliphatic heterocycles. The zero-order valence-corrected chi connectivity index (χ0v) is 17.4. The second-order valence-corrected chi connectivity index (χ2v) is 8.93. The summed E-state index contributed by atoms with van der Waals surface area (Å²) in [5.74, 6) is 0.871. The number of nitrogens with zero attached hydrogens (tertiary/aromatic N) is 3. The summed E-state index contributed by atoms with van der Waals surface area (Å²) >= 11 is 0. The van der Waals surface area contributed by atoms with Crippen LogP contribution in [0.4, 0.5) is 5.69 Å². The van der Waals surface area contributed by atoms with Gasteiger partial charge < -0.3 is 10.2 Å². The number of hydrogen-bond donors (Lipinski definition) is 2. The number of fused-ring (bicyclic) bond motifs is 1. The summed E-state index contributed by atoms with van der Waals surface area (Å²) in [6.07, 6.45) is 4.36. The van der Waals surface area contributed by atoms with Crippen LogP contribution in [0, 0.1) is 11.8 Å². The van der Waals surface area contributed by atoms with Crippen molar-refractivity contribution >= 4 is 28.5 Å². The summed E-state index contributed by atoms with van der Waals surface area (Å²) < 4.78 is 3.16. The monoisotopic (exact) mass is 411 g/mol. The molecule has 0 radical (unpaired) electrons. The molecular weight excluding hydrogens is 382 g/mol. The van der Waals surface area contributed by atoms with Crippen LogP contribution < -0.4 is 21.2 Å². The first kappa shape index (κ1) is 19.4. The number of nitrogens with one attached hydrogen (secondary N) is 2. The molecular formula is C22H29N5O3. The normalized spacial score (nSPS) is 25.8. The Hall–Kier alpha value is -2.61. The fraction of sp³-hybridized carbons (Fsp3) is 0.591. The van der Waals surface area contributed by atoms with Crippen molar-refractivity contribution in [3.8, 4) is 0 Å². The maximum absolute atomic E-state index is 12.9. The second kappa shape index (κ2) is 7.58. The molecule has 2 aromatic rings. The molecule has 30 heavy (non-hydrogen) atoms. The van der Waals surface area contributed by atoms with Gasteiger partial charge in [0.25, 0.3) is 0 Å². The maximum atomic E-state index is 12.9. The number of carbonyl (C=O) groups excluding carboxylic acids is 2. The molecule has 0 spiro atoms. The van der Waals surface area contributed by atoms with Crippen LogP contribution in [-0.4, -0.2) is 47.1 Å². The van der Waals surface area contributed by atoms with Gasteiger partial charge in [0, 0.05) is 32.2 Å². The average Bonchev–Trinajstić information content (AvgIpc) is 3.34.